The van der Waals surface area contributed by atoms with Crippen molar-refractivity contribution in [2.75, 3.05) is 0 Å². The van der Waals surface area contributed by atoms with E-state index < -0.39 is 12.3 Å². The first-order valence-corrected chi connectivity index (χ1v) is 5.47. The molecule has 17 heavy (non-hydrogen) atoms. The third-order valence-electron chi connectivity index (χ3n) is 2.60. The number of benzene rings is 1. The standard InChI is InChI=1S/C11H11ClN2O3/c1-6-3-4-8(5-9(6)12)14-10(7(2)15)11(16)17-13-14/h3-5,10-11H,1-2H3. The van der Waals surface area contributed by atoms with Crippen molar-refractivity contribution in [2.24, 2.45) is 5.28 Å². The van der Waals surface area contributed by atoms with E-state index in [2.05, 4.69) is 10.1 Å². The van der Waals surface area contributed by atoms with Gasteiger partial charge in [0, 0.05) is 19.1 Å². The molecule has 0 saturated heterocycles. The van der Waals surface area contributed by atoms with Crippen molar-refractivity contribution in [1.82, 2.24) is 0 Å². The first-order chi connectivity index (χ1) is 8.00. The lowest BCUT2D eigenvalue weighted by atomic mass is 10.1. The summed E-state index contributed by atoms with van der Waals surface area (Å²) in [6.07, 6.45) is -1.49. The Balaban J connectivity index is 2.39. The minimum absolute atomic E-state index is 0.289. The highest BCUT2D eigenvalue weighted by molar-refractivity contribution is 6.31. The van der Waals surface area contributed by atoms with E-state index in [4.69, 9.17) is 11.6 Å². The van der Waals surface area contributed by atoms with Crippen molar-refractivity contribution in [3.05, 3.63) is 28.8 Å². The smallest absolute Gasteiger partial charge is 0.269 e. The van der Waals surface area contributed by atoms with Crippen molar-refractivity contribution in [3.63, 3.8) is 0 Å². The van der Waals surface area contributed by atoms with Crippen LogP contribution >= 0.6 is 11.6 Å². The number of carbonyl (C=O) groups is 1. The Morgan fingerprint density at radius 1 is 1.59 bits per heavy atom. The summed E-state index contributed by atoms with van der Waals surface area (Å²) in [6.45, 7) is 3.20. The lowest BCUT2D eigenvalue weighted by Crippen LogP contribution is -2.44. The molecule has 5 nitrogen and oxygen atoms in total. The molecular weight excluding hydrogens is 244 g/mol. The molecule has 1 aliphatic heterocycles. The van der Waals surface area contributed by atoms with Crippen LogP contribution in [-0.4, -0.2) is 22.8 Å². The SMILES string of the molecule is CC(=O)C1C([O-])ON=[N+]1c1ccc(C)c(Cl)c1. The fraction of sp³-hybridized carbons (Fsp3) is 0.364. The van der Waals surface area contributed by atoms with Gasteiger partial charge in [0.1, 0.15) is 6.29 Å². The van der Waals surface area contributed by atoms with Crippen molar-refractivity contribution < 1.29 is 19.4 Å². The monoisotopic (exact) mass is 254 g/mol. The van der Waals surface area contributed by atoms with Crippen molar-refractivity contribution in [1.29, 1.82) is 0 Å². The van der Waals surface area contributed by atoms with Gasteiger partial charge >= 0.3 is 0 Å². The lowest BCUT2D eigenvalue weighted by Gasteiger charge is -2.13. The molecule has 0 aliphatic carbocycles. The molecule has 1 heterocycles. The quantitative estimate of drug-likeness (QED) is 0.748. The van der Waals surface area contributed by atoms with Crippen LogP contribution in [0.5, 0.6) is 0 Å². The average molecular weight is 255 g/mol. The van der Waals surface area contributed by atoms with Crippen LogP contribution in [-0.2, 0) is 9.63 Å². The van der Waals surface area contributed by atoms with Gasteiger partial charge in [0.05, 0.1) is 5.02 Å². The number of ketones is 1. The second-order valence-corrected chi connectivity index (χ2v) is 4.30. The third kappa shape index (κ3) is 2.16. The first-order valence-electron chi connectivity index (χ1n) is 5.09. The van der Waals surface area contributed by atoms with Crippen molar-refractivity contribution >= 4 is 23.1 Å². The van der Waals surface area contributed by atoms with E-state index in [1.54, 1.807) is 18.2 Å². The van der Waals surface area contributed by atoms with Gasteiger partial charge in [0.2, 0.25) is 11.5 Å². The van der Waals surface area contributed by atoms with Crippen LogP contribution in [0.15, 0.2) is 23.5 Å². The molecular formula is C11H11ClN2O3. The third-order valence-corrected chi connectivity index (χ3v) is 3.00. The maximum absolute atomic E-state index is 11.4. The molecule has 0 radical (unpaired) electrons. The zero-order chi connectivity index (χ0) is 12.6. The Labute approximate surface area is 103 Å². The minimum Gasteiger partial charge on any atom is -0.814 e. The van der Waals surface area contributed by atoms with Crippen molar-refractivity contribution in [3.8, 4) is 0 Å². The first kappa shape index (κ1) is 12.0. The summed E-state index contributed by atoms with van der Waals surface area (Å²) in [5, 5.41) is 15.6. The van der Waals surface area contributed by atoms with Gasteiger partial charge in [-0.1, -0.05) is 17.7 Å². The van der Waals surface area contributed by atoms with E-state index in [9.17, 15) is 9.90 Å². The van der Waals surface area contributed by atoms with Crippen LogP contribution in [0.1, 0.15) is 12.5 Å². The number of nitrogens with zero attached hydrogens (tertiary/aromatic N) is 2. The lowest BCUT2D eigenvalue weighted by molar-refractivity contribution is -0.561. The van der Waals surface area contributed by atoms with Gasteiger partial charge in [-0.15, -0.1) is 0 Å². The van der Waals surface area contributed by atoms with Gasteiger partial charge in [0.25, 0.3) is 6.04 Å². The van der Waals surface area contributed by atoms with Crippen LogP contribution in [0.4, 0.5) is 5.69 Å². The molecule has 1 aromatic rings. The summed E-state index contributed by atoms with van der Waals surface area (Å²) in [5.74, 6) is -0.289. The van der Waals surface area contributed by atoms with Crippen molar-refractivity contribution in [2.45, 2.75) is 26.2 Å². The highest BCUT2D eigenvalue weighted by atomic mass is 35.5. The summed E-state index contributed by atoms with van der Waals surface area (Å²) >= 11 is 5.98. The average Bonchev–Trinajstić information content (AvgIpc) is 2.64. The van der Waals surface area contributed by atoms with Gasteiger partial charge in [-0.05, 0) is 17.2 Å². The molecule has 2 atom stereocenters. The largest absolute Gasteiger partial charge is 0.814 e. The summed E-state index contributed by atoms with van der Waals surface area (Å²) in [7, 11) is 0. The Morgan fingerprint density at radius 2 is 2.29 bits per heavy atom. The molecule has 90 valence electrons. The summed E-state index contributed by atoms with van der Waals surface area (Å²) < 4.78 is 1.27. The molecule has 0 amide bonds. The number of hydrogen-bond donors (Lipinski definition) is 0. The van der Waals surface area contributed by atoms with Crippen LogP contribution in [0.2, 0.25) is 5.02 Å². The maximum Gasteiger partial charge on any atom is 0.269 e. The summed E-state index contributed by atoms with van der Waals surface area (Å²) in [5.41, 5.74) is 1.48. The number of hydrogen-bond acceptors (Lipinski definition) is 4. The van der Waals surface area contributed by atoms with E-state index in [0.717, 1.165) is 5.56 Å². The highest BCUT2D eigenvalue weighted by Crippen LogP contribution is 2.26. The Kier molecular flexibility index (Phi) is 3.13. The zero-order valence-electron chi connectivity index (χ0n) is 9.38. The van der Waals surface area contributed by atoms with Gasteiger partial charge < -0.3 is 9.94 Å². The molecule has 2 rings (SSSR count). The Bertz CT molecular complexity index is 501. The molecule has 0 N–H and O–H groups in total. The maximum atomic E-state index is 11.4. The van der Waals surface area contributed by atoms with E-state index in [1.165, 1.54) is 11.6 Å². The fourth-order valence-electron chi connectivity index (χ4n) is 1.62. The zero-order valence-corrected chi connectivity index (χ0v) is 10.1. The number of carbonyl (C=O) groups excluding carboxylic acids is 1. The molecule has 0 aromatic heterocycles. The molecule has 1 aliphatic rings. The molecule has 1 aromatic carbocycles. The second-order valence-electron chi connectivity index (χ2n) is 3.89. The van der Waals surface area contributed by atoms with Crippen LogP contribution < -0.4 is 5.11 Å². The van der Waals surface area contributed by atoms with E-state index in [1.807, 2.05) is 6.92 Å². The van der Waals surface area contributed by atoms with Gasteiger partial charge in [-0.3, -0.25) is 4.79 Å². The highest BCUT2D eigenvalue weighted by Gasteiger charge is 2.40. The normalized spacial score (nSPS) is 23.2. The number of Topliss-reactive ketones (excluding diaryl/α,β-unsaturated/α-hetero) is 1. The van der Waals surface area contributed by atoms with Crippen LogP contribution in [0.3, 0.4) is 0 Å². The number of halogens is 1. The predicted octanol–water partition coefficient (Wildman–Crippen LogP) is 1.33. The van der Waals surface area contributed by atoms with E-state index >= 15 is 0 Å². The van der Waals surface area contributed by atoms with Crippen LogP contribution in [0, 0.1) is 6.92 Å². The molecule has 0 fully saturated rings. The molecule has 2 unspecified atom stereocenters. The fourth-order valence-corrected chi connectivity index (χ4v) is 1.79. The van der Waals surface area contributed by atoms with Gasteiger partial charge in [0.15, 0.2) is 5.28 Å². The summed E-state index contributed by atoms with van der Waals surface area (Å²) in [6, 6.07) is 4.25. The van der Waals surface area contributed by atoms with Crippen LogP contribution in [0.25, 0.3) is 0 Å². The summed E-state index contributed by atoms with van der Waals surface area (Å²) in [4.78, 5) is 16.0. The topological polar surface area (TPSA) is 64.7 Å². The number of rotatable bonds is 2. The Hall–Kier alpha value is -1.46. The minimum atomic E-state index is -1.49. The second kappa shape index (κ2) is 4.43. The number of aryl methyl sites for hydroxylation is 1. The van der Waals surface area contributed by atoms with E-state index in [0.29, 0.717) is 10.7 Å². The van der Waals surface area contributed by atoms with Gasteiger partial charge in [-0.2, -0.15) is 0 Å². The molecule has 6 heteroatoms. The molecule has 0 spiro atoms. The molecule has 0 bridgehead atoms. The Morgan fingerprint density at radius 3 is 2.88 bits per heavy atom. The van der Waals surface area contributed by atoms with Gasteiger partial charge in [-0.25, -0.2) is 0 Å². The molecule has 0 saturated carbocycles. The van der Waals surface area contributed by atoms with E-state index in [-0.39, 0.29) is 5.78 Å². The predicted molar refractivity (Wildman–Crippen MR) is 57.9 cm³/mol.